The maximum absolute atomic E-state index is 15.0. The molecule has 0 spiro atoms. The quantitative estimate of drug-likeness (QED) is 0.611. The van der Waals surface area contributed by atoms with Crippen LogP contribution in [-0.2, 0) is 14.6 Å². The molecule has 2 aromatic rings. The number of aliphatic hydroxyl groups excluding tert-OH is 1. The summed E-state index contributed by atoms with van der Waals surface area (Å²) in [7, 11) is -4.29. The molecule has 11 heteroatoms. The standard InChI is InChI=1S/C23H26ClF2NO6S/c1-23(2,3)33-22(29)27(10-11-28)12-14-13-32-20-18(26)9-8-17(25)19(20)21(14)34(30,31)16-6-4-15(24)5-7-16/h4-9,14,21,28H,10-13H2,1-3H3/t14-,21+/m1/s1. The van der Waals surface area contributed by atoms with Crippen molar-refractivity contribution < 1.29 is 36.6 Å². The number of aliphatic hydroxyl groups is 1. The van der Waals surface area contributed by atoms with Crippen LogP contribution >= 0.6 is 11.6 Å². The zero-order chi connectivity index (χ0) is 25.3. The first-order valence-electron chi connectivity index (χ1n) is 10.5. The summed E-state index contributed by atoms with van der Waals surface area (Å²) in [5.41, 5.74) is -1.29. The van der Waals surface area contributed by atoms with E-state index in [-0.39, 0.29) is 24.6 Å². The van der Waals surface area contributed by atoms with Crippen molar-refractivity contribution in [3.8, 4) is 5.75 Å². The Bertz CT molecular complexity index is 1150. The Morgan fingerprint density at radius 3 is 2.38 bits per heavy atom. The maximum Gasteiger partial charge on any atom is 0.410 e. The zero-order valence-corrected chi connectivity index (χ0v) is 20.5. The molecule has 0 bridgehead atoms. The Hall–Kier alpha value is -2.43. The van der Waals surface area contributed by atoms with E-state index in [0.717, 1.165) is 17.0 Å². The first-order chi connectivity index (χ1) is 15.8. The van der Waals surface area contributed by atoms with Gasteiger partial charge in [0.05, 0.1) is 23.7 Å². The van der Waals surface area contributed by atoms with E-state index >= 15 is 0 Å². The van der Waals surface area contributed by atoms with Crippen LogP contribution in [0, 0.1) is 17.6 Å². The van der Waals surface area contributed by atoms with Crippen LogP contribution in [0.4, 0.5) is 13.6 Å². The highest BCUT2D eigenvalue weighted by Crippen LogP contribution is 2.46. The number of amides is 1. The largest absolute Gasteiger partial charge is 0.490 e. The second-order valence-corrected chi connectivity index (χ2v) is 11.4. The molecule has 0 radical (unpaired) electrons. The molecular formula is C23H26ClF2NO6S. The number of benzene rings is 2. The molecule has 1 aliphatic rings. The van der Waals surface area contributed by atoms with Gasteiger partial charge >= 0.3 is 6.09 Å². The SMILES string of the molecule is CC(C)(C)OC(=O)N(CCO)C[C@@H]1COc2c(F)ccc(F)c2[C@H]1S(=O)(=O)c1ccc(Cl)cc1. The van der Waals surface area contributed by atoms with Gasteiger partial charge in [0.2, 0.25) is 0 Å². The highest BCUT2D eigenvalue weighted by molar-refractivity contribution is 7.91. The number of hydrogen-bond acceptors (Lipinski definition) is 6. The van der Waals surface area contributed by atoms with Crippen LogP contribution in [0.1, 0.15) is 31.6 Å². The van der Waals surface area contributed by atoms with Crippen LogP contribution in [0.2, 0.25) is 5.02 Å². The second-order valence-electron chi connectivity index (χ2n) is 8.91. The molecule has 1 amide bonds. The van der Waals surface area contributed by atoms with Crippen LogP contribution in [-0.4, -0.2) is 56.4 Å². The highest BCUT2D eigenvalue weighted by Gasteiger charge is 2.45. The Morgan fingerprint density at radius 2 is 1.79 bits per heavy atom. The molecule has 1 N–H and O–H groups in total. The molecule has 2 atom stereocenters. The van der Waals surface area contributed by atoms with Crippen LogP contribution < -0.4 is 4.74 Å². The molecule has 186 valence electrons. The predicted molar refractivity (Wildman–Crippen MR) is 122 cm³/mol. The van der Waals surface area contributed by atoms with Crippen molar-refractivity contribution in [1.82, 2.24) is 4.90 Å². The Kier molecular flexibility index (Phi) is 7.74. The van der Waals surface area contributed by atoms with Crippen molar-refractivity contribution in [1.29, 1.82) is 0 Å². The number of ether oxygens (including phenoxy) is 2. The van der Waals surface area contributed by atoms with E-state index in [1.165, 1.54) is 24.3 Å². The van der Waals surface area contributed by atoms with Gasteiger partial charge in [-0.1, -0.05) is 11.6 Å². The van der Waals surface area contributed by atoms with Gasteiger partial charge in [-0.05, 0) is 57.2 Å². The molecular weight excluding hydrogens is 492 g/mol. The van der Waals surface area contributed by atoms with Crippen molar-refractivity contribution in [2.45, 2.75) is 36.5 Å². The molecule has 0 saturated heterocycles. The second kappa shape index (κ2) is 10.1. The lowest BCUT2D eigenvalue weighted by molar-refractivity contribution is 0.0159. The molecule has 0 fully saturated rings. The fourth-order valence-electron chi connectivity index (χ4n) is 3.79. The van der Waals surface area contributed by atoms with Gasteiger partial charge in [-0.15, -0.1) is 0 Å². The average Bonchev–Trinajstić information content (AvgIpc) is 2.74. The van der Waals surface area contributed by atoms with Crippen LogP contribution in [0.5, 0.6) is 5.75 Å². The van der Waals surface area contributed by atoms with E-state index in [0.29, 0.717) is 5.02 Å². The summed E-state index contributed by atoms with van der Waals surface area (Å²) >= 11 is 5.89. The summed E-state index contributed by atoms with van der Waals surface area (Å²) in [6.07, 6.45) is -0.783. The highest BCUT2D eigenvalue weighted by atomic mass is 35.5. The maximum atomic E-state index is 15.0. The van der Waals surface area contributed by atoms with Crippen LogP contribution in [0.15, 0.2) is 41.3 Å². The van der Waals surface area contributed by atoms with Gasteiger partial charge in [0, 0.05) is 24.0 Å². The predicted octanol–water partition coefficient (Wildman–Crippen LogP) is 4.37. The normalized spacial score (nSPS) is 18.1. The number of carbonyl (C=O) groups excluding carboxylic acids is 1. The third-order valence-electron chi connectivity index (χ3n) is 5.20. The van der Waals surface area contributed by atoms with Crippen molar-refractivity contribution in [2.24, 2.45) is 5.92 Å². The Balaban J connectivity index is 2.09. The zero-order valence-electron chi connectivity index (χ0n) is 18.9. The van der Waals surface area contributed by atoms with Gasteiger partial charge in [0.1, 0.15) is 16.7 Å². The molecule has 0 aliphatic carbocycles. The number of fused-ring (bicyclic) bond motifs is 1. The molecule has 0 saturated carbocycles. The van der Waals surface area contributed by atoms with Crippen molar-refractivity contribution in [3.63, 3.8) is 0 Å². The van der Waals surface area contributed by atoms with Gasteiger partial charge in [-0.25, -0.2) is 22.0 Å². The molecule has 7 nitrogen and oxygen atoms in total. The van der Waals surface area contributed by atoms with Crippen molar-refractivity contribution in [3.05, 3.63) is 58.6 Å². The third-order valence-corrected chi connectivity index (χ3v) is 7.67. The fraction of sp³-hybridized carbons (Fsp3) is 0.435. The number of rotatable bonds is 6. The lowest BCUT2D eigenvalue weighted by Gasteiger charge is -2.37. The molecule has 1 heterocycles. The average molecular weight is 518 g/mol. The molecule has 2 aromatic carbocycles. The minimum Gasteiger partial charge on any atom is -0.490 e. The third kappa shape index (κ3) is 5.61. The summed E-state index contributed by atoms with van der Waals surface area (Å²) in [6, 6.07) is 7.01. The van der Waals surface area contributed by atoms with Gasteiger partial charge in [0.25, 0.3) is 0 Å². The van der Waals surface area contributed by atoms with E-state index in [1.807, 2.05) is 0 Å². The number of sulfone groups is 1. The monoisotopic (exact) mass is 517 g/mol. The summed E-state index contributed by atoms with van der Waals surface area (Å²) in [5.74, 6) is -3.33. The topological polar surface area (TPSA) is 93.1 Å². The summed E-state index contributed by atoms with van der Waals surface area (Å²) in [4.78, 5) is 13.7. The van der Waals surface area contributed by atoms with Crippen LogP contribution in [0.25, 0.3) is 0 Å². The molecule has 34 heavy (non-hydrogen) atoms. The molecule has 3 rings (SSSR count). The van der Waals surface area contributed by atoms with Gasteiger partial charge in [-0.3, -0.25) is 0 Å². The van der Waals surface area contributed by atoms with E-state index in [4.69, 9.17) is 21.1 Å². The molecule has 0 unspecified atom stereocenters. The van der Waals surface area contributed by atoms with Crippen LogP contribution in [0.3, 0.4) is 0 Å². The number of nitrogens with zero attached hydrogens (tertiary/aromatic N) is 1. The lowest BCUT2D eigenvalue weighted by atomic mass is 9.94. The molecule has 0 aromatic heterocycles. The van der Waals surface area contributed by atoms with E-state index < -0.39 is 62.3 Å². The van der Waals surface area contributed by atoms with Gasteiger partial charge < -0.3 is 19.5 Å². The van der Waals surface area contributed by atoms with Crippen molar-refractivity contribution >= 4 is 27.5 Å². The Morgan fingerprint density at radius 1 is 1.18 bits per heavy atom. The fourth-order valence-corrected chi connectivity index (χ4v) is 5.93. The summed E-state index contributed by atoms with van der Waals surface area (Å²) in [5, 5.41) is 8.19. The first-order valence-corrected chi connectivity index (χ1v) is 12.5. The number of carbonyl (C=O) groups is 1. The smallest absolute Gasteiger partial charge is 0.410 e. The minimum absolute atomic E-state index is 0.144. The van der Waals surface area contributed by atoms with E-state index in [9.17, 15) is 27.1 Å². The first kappa shape index (κ1) is 26.2. The van der Waals surface area contributed by atoms with E-state index in [1.54, 1.807) is 20.8 Å². The molecule has 1 aliphatic heterocycles. The minimum atomic E-state index is -4.29. The van der Waals surface area contributed by atoms with Crippen molar-refractivity contribution in [2.75, 3.05) is 26.3 Å². The summed E-state index contributed by atoms with van der Waals surface area (Å²) < 4.78 is 67.7. The van der Waals surface area contributed by atoms with E-state index in [2.05, 4.69) is 0 Å². The summed E-state index contributed by atoms with van der Waals surface area (Å²) in [6.45, 7) is 3.85. The number of hydrogen-bond donors (Lipinski definition) is 1. The lowest BCUT2D eigenvalue weighted by Crippen LogP contribution is -2.45. The number of halogens is 3. The van der Waals surface area contributed by atoms with Gasteiger partial charge in [-0.2, -0.15) is 0 Å². The van der Waals surface area contributed by atoms with Gasteiger partial charge in [0.15, 0.2) is 21.4 Å². The Labute approximate surface area is 202 Å².